The molecule has 0 amide bonds. The van der Waals surface area contributed by atoms with Crippen LogP contribution in [0.15, 0.2) is 36.4 Å². The molecule has 3 nitrogen and oxygen atoms in total. The quantitative estimate of drug-likeness (QED) is 0.875. The molecule has 0 unspecified atom stereocenters. The summed E-state index contributed by atoms with van der Waals surface area (Å²) in [6.07, 6.45) is -4.51. The Morgan fingerprint density at radius 3 is 2.53 bits per heavy atom. The van der Waals surface area contributed by atoms with E-state index in [1.807, 2.05) is 0 Å². The Labute approximate surface area is 112 Å². The fourth-order valence-electron chi connectivity index (χ4n) is 1.52. The molecule has 7 heteroatoms. The van der Waals surface area contributed by atoms with Crippen molar-refractivity contribution in [2.75, 3.05) is 11.1 Å². The van der Waals surface area contributed by atoms with E-state index in [0.717, 1.165) is 6.07 Å². The summed E-state index contributed by atoms with van der Waals surface area (Å²) in [6, 6.07) is 8.12. The van der Waals surface area contributed by atoms with Crippen LogP contribution in [-0.2, 0) is 6.18 Å². The summed E-state index contributed by atoms with van der Waals surface area (Å²) in [4.78, 5) is 3.88. The van der Waals surface area contributed by atoms with Crippen molar-refractivity contribution in [2.45, 2.75) is 6.18 Å². The Hall–Kier alpha value is -1.95. The van der Waals surface area contributed by atoms with E-state index in [9.17, 15) is 13.2 Å². The normalized spacial score (nSPS) is 11.4. The molecule has 0 bridgehead atoms. The summed E-state index contributed by atoms with van der Waals surface area (Å²) >= 11 is 5.59. The maximum atomic E-state index is 12.9. The van der Waals surface area contributed by atoms with Gasteiger partial charge in [-0.05, 0) is 30.3 Å². The first-order chi connectivity index (χ1) is 8.86. The Morgan fingerprint density at radius 1 is 1.16 bits per heavy atom. The number of pyridine rings is 1. The summed E-state index contributed by atoms with van der Waals surface area (Å²) in [5.41, 5.74) is 4.48. The minimum absolute atomic E-state index is 0.0124. The predicted molar refractivity (Wildman–Crippen MR) is 68.4 cm³/mol. The SMILES string of the molecule is Nc1cccc(Nc2ccc(Cl)cc2C(F)(F)F)n1. The highest BCUT2D eigenvalue weighted by atomic mass is 35.5. The molecule has 0 saturated heterocycles. The zero-order valence-corrected chi connectivity index (χ0v) is 10.3. The summed E-state index contributed by atoms with van der Waals surface area (Å²) in [6.45, 7) is 0. The second-order valence-electron chi connectivity index (χ2n) is 3.76. The van der Waals surface area contributed by atoms with Crippen LogP contribution >= 0.6 is 11.6 Å². The standard InChI is InChI=1S/C12H9ClF3N3/c13-7-4-5-9(8(6-7)12(14,15)16)18-11-3-1-2-10(17)19-11/h1-6H,(H3,17,18,19). The van der Waals surface area contributed by atoms with Crippen molar-refractivity contribution >= 4 is 28.9 Å². The highest BCUT2D eigenvalue weighted by molar-refractivity contribution is 6.30. The van der Waals surface area contributed by atoms with Crippen LogP contribution in [0.2, 0.25) is 5.02 Å². The Bertz CT molecular complexity index is 599. The highest BCUT2D eigenvalue weighted by Gasteiger charge is 2.33. The number of nitrogen functional groups attached to an aromatic ring is 1. The second kappa shape index (κ2) is 4.97. The van der Waals surface area contributed by atoms with Crippen molar-refractivity contribution in [3.8, 4) is 0 Å². The topological polar surface area (TPSA) is 50.9 Å². The molecule has 0 aliphatic rings. The number of halogens is 4. The first kappa shape index (κ1) is 13.5. The van der Waals surface area contributed by atoms with Crippen molar-refractivity contribution in [2.24, 2.45) is 0 Å². The van der Waals surface area contributed by atoms with Crippen molar-refractivity contribution in [3.05, 3.63) is 47.0 Å². The zero-order chi connectivity index (χ0) is 14.0. The van der Waals surface area contributed by atoms with Crippen LogP contribution in [0.5, 0.6) is 0 Å². The van der Waals surface area contributed by atoms with Gasteiger partial charge in [0.05, 0.1) is 11.3 Å². The molecule has 0 atom stereocenters. The minimum Gasteiger partial charge on any atom is -0.384 e. The van der Waals surface area contributed by atoms with Gasteiger partial charge in [0.2, 0.25) is 0 Å². The van der Waals surface area contributed by atoms with Gasteiger partial charge in [-0.2, -0.15) is 13.2 Å². The van der Waals surface area contributed by atoms with Crippen LogP contribution in [0.1, 0.15) is 5.56 Å². The average Bonchev–Trinajstić information content (AvgIpc) is 2.30. The molecule has 1 aromatic carbocycles. The van der Waals surface area contributed by atoms with E-state index in [-0.39, 0.29) is 22.3 Å². The van der Waals surface area contributed by atoms with Crippen LogP contribution in [0, 0.1) is 0 Å². The van der Waals surface area contributed by atoms with Crippen molar-refractivity contribution < 1.29 is 13.2 Å². The fraction of sp³-hybridized carbons (Fsp3) is 0.0833. The van der Waals surface area contributed by atoms with E-state index >= 15 is 0 Å². The van der Waals surface area contributed by atoms with Gasteiger partial charge in [-0.15, -0.1) is 0 Å². The highest BCUT2D eigenvalue weighted by Crippen LogP contribution is 2.37. The van der Waals surface area contributed by atoms with Crippen LogP contribution in [0.4, 0.5) is 30.5 Å². The number of aromatic nitrogens is 1. The Kier molecular flexibility index (Phi) is 3.53. The minimum atomic E-state index is -4.51. The van der Waals surface area contributed by atoms with Crippen LogP contribution in [0.3, 0.4) is 0 Å². The van der Waals surface area contributed by atoms with E-state index < -0.39 is 11.7 Å². The molecule has 19 heavy (non-hydrogen) atoms. The number of nitrogens with zero attached hydrogens (tertiary/aromatic N) is 1. The van der Waals surface area contributed by atoms with E-state index in [2.05, 4.69) is 10.3 Å². The van der Waals surface area contributed by atoms with Gasteiger partial charge in [0.1, 0.15) is 11.6 Å². The van der Waals surface area contributed by atoms with Crippen molar-refractivity contribution in [1.82, 2.24) is 4.98 Å². The molecule has 0 aliphatic heterocycles. The molecule has 0 fully saturated rings. The van der Waals surface area contributed by atoms with Crippen molar-refractivity contribution in [3.63, 3.8) is 0 Å². The molecule has 0 spiro atoms. The van der Waals surface area contributed by atoms with Crippen LogP contribution < -0.4 is 11.1 Å². The molecule has 0 saturated carbocycles. The lowest BCUT2D eigenvalue weighted by molar-refractivity contribution is -0.136. The van der Waals surface area contributed by atoms with Crippen LogP contribution in [-0.4, -0.2) is 4.98 Å². The zero-order valence-electron chi connectivity index (χ0n) is 9.50. The maximum absolute atomic E-state index is 12.9. The second-order valence-corrected chi connectivity index (χ2v) is 4.20. The first-order valence-electron chi connectivity index (χ1n) is 5.22. The van der Waals surface area contributed by atoms with E-state index in [1.165, 1.54) is 24.3 Å². The maximum Gasteiger partial charge on any atom is 0.418 e. The number of rotatable bonds is 2. The fourth-order valence-corrected chi connectivity index (χ4v) is 1.69. The monoisotopic (exact) mass is 287 g/mol. The summed E-state index contributed by atoms with van der Waals surface area (Å²) in [5.74, 6) is 0.445. The lowest BCUT2D eigenvalue weighted by atomic mass is 10.1. The van der Waals surface area contributed by atoms with Crippen LogP contribution in [0.25, 0.3) is 0 Å². The van der Waals surface area contributed by atoms with Gasteiger partial charge in [0.15, 0.2) is 0 Å². The molecular weight excluding hydrogens is 279 g/mol. The molecule has 1 heterocycles. The van der Waals surface area contributed by atoms with Crippen molar-refractivity contribution in [1.29, 1.82) is 0 Å². The molecule has 0 aliphatic carbocycles. The third-order valence-corrected chi connectivity index (χ3v) is 2.56. The molecule has 0 radical (unpaired) electrons. The molecular formula is C12H9ClF3N3. The Morgan fingerprint density at radius 2 is 1.89 bits per heavy atom. The average molecular weight is 288 g/mol. The Balaban J connectivity index is 2.40. The molecule has 3 N–H and O–H groups in total. The predicted octanol–water partition coefficient (Wildman–Crippen LogP) is 4.08. The van der Waals surface area contributed by atoms with Gasteiger partial charge in [-0.3, -0.25) is 0 Å². The molecule has 2 aromatic rings. The number of nitrogens with one attached hydrogen (secondary N) is 1. The summed E-state index contributed by atoms with van der Waals surface area (Å²) in [5, 5.41) is 2.59. The molecule has 100 valence electrons. The van der Waals surface area contributed by atoms with Gasteiger partial charge in [0, 0.05) is 5.02 Å². The molecule has 2 rings (SSSR count). The lowest BCUT2D eigenvalue weighted by Gasteiger charge is -2.14. The van der Waals surface area contributed by atoms with E-state index in [0.29, 0.717) is 0 Å². The van der Waals surface area contributed by atoms with Gasteiger partial charge in [-0.1, -0.05) is 17.7 Å². The number of anilines is 3. The first-order valence-corrected chi connectivity index (χ1v) is 5.60. The van der Waals surface area contributed by atoms with E-state index in [4.69, 9.17) is 17.3 Å². The van der Waals surface area contributed by atoms with Gasteiger partial charge in [-0.25, -0.2) is 4.98 Å². The largest absolute Gasteiger partial charge is 0.418 e. The van der Waals surface area contributed by atoms with Gasteiger partial charge < -0.3 is 11.1 Å². The number of alkyl halides is 3. The number of hydrogen-bond donors (Lipinski definition) is 2. The number of nitrogens with two attached hydrogens (primary N) is 1. The number of benzene rings is 1. The summed E-state index contributed by atoms with van der Waals surface area (Å²) in [7, 11) is 0. The smallest absolute Gasteiger partial charge is 0.384 e. The lowest BCUT2D eigenvalue weighted by Crippen LogP contribution is -2.09. The third kappa shape index (κ3) is 3.29. The van der Waals surface area contributed by atoms with E-state index in [1.54, 1.807) is 6.07 Å². The van der Waals surface area contributed by atoms with Gasteiger partial charge in [0.25, 0.3) is 0 Å². The third-order valence-electron chi connectivity index (χ3n) is 2.32. The number of hydrogen-bond acceptors (Lipinski definition) is 3. The van der Waals surface area contributed by atoms with Gasteiger partial charge >= 0.3 is 6.18 Å². The summed E-state index contributed by atoms with van der Waals surface area (Å²) < 4.78 is 38.6. The molecule has 1 aromatic heterocycles.